The molecular formula is C11H11ClN2O. The van der Waals surface area contributed by atoms with Crippen molar-refractivity contribution in [2.24, 2.45) is 0 Å². The van der Waals surface area contributed by atoms with Gasteiger partial charge in [-0.2, -0.15) is 0 Å². The zero-order valence-corrected chi connectivity index (χ0v) is 9.32. The number of hydrogen-bond acceptors (Lipinski definition) is 3. The highest BCUT2D eigenvalue weighted by Crippen LogP contribution is 2.31. The Morgan fingerprint density at radius 2 is 2.13 bits per heavy atom. The molecule has 0 unspecified atom stereocenters. The van der Waals surface area contributed by atoms with Crippen LogP contribution in [0.5, 0.6) is 0 Å². The molecule has 0 saturated heterocycles. The van der Waals surface area contributed by atoms with Gasteiger partial charge in [0, 0.05) is 5.56 Å². The molecule has 0 fully saturated rings. The lowest BCUT2D eigenvalue weighted by Crippen LogP contribution is -1.98. The van der Waals surface area contributed by atoms with Crippen molar-refractivity contribution in [3.63, 3.8) is 0 Å². The lowest BCUT2D eigenvalue weighted by Gasteiger charge is -2.10. The fraction of sp³-hybridized carbons (Fsp3) is 0.273. The molecule has 0 aliphatic heterocycles. The molecule has 0 saturated carbocycles. The largest absolute Gasteiger partial charge is 0.463 e. The van der Waals surface area contributed by atoms with Crippen LogP contribution < -0.4 is 0 Å². The molecule has 78 valence electrons. The molecule has 2 aromatic heterocycles. The Morgan fingerprint density at radius 1 is 1.33 bits per heavy atom. The molecule has 0 atom stereocenters. The van der Waals surface area contributed by atoms with E-state index in [4.69, 9.17) is 16.0 Å². The second kappa shape index (κ2) is 4.03. The van der Waals surface area contributed by atoms with Crippen LogP contribution in [0.3, 0.4) is 0 Å². The van der Waals surface area contributed by atoms with E-state index in [1.165, 1.54) is 6.33 Å². The average molecular weight is 223 g/mol. The van der Waals surface area contributed by atoms with E-state index in [9.17, 15) is 0 Å². The minimum absolute atomic E-state index is 0.263. The Hall–Kier alpha value is -1.35. The zero-order chi connectivity index (χ0) is 10.8. The Labute approximate surface area is 93.1 Å². The lowest BCUT2D eigenvalue weighted by atomic mass is 10.0. The summed E-state index contributed by atoms with van der Waals surface area (Å²) in [5.41, 5.74) is 1.70. The van der Waals surface area contributed by atoms with Crippen molar-refractivity contribution in [1.29, 1.82) is 0 Å². The van der Waals surface area contributed by atoms with Crippen LogP contribution in [-0.2, 0) is 0 Å². The monoisotopic (exact) mass is 222 g/mol. The van der Waals surface area contributed by atoms with Gasteiger partial charge in [-0.1, -0.05) is 25.4 Å². The van der Waals surface area contributed by atoms with Crippen LogP contribution >= 0.6 is 11.6 Å². The second-order valence-corrected chi connectivity index (χ2v) is 3.92. The number of hydrogen-bond donors (Lipinski definition) is 0. The first-order valence-corrected chi connectivity index (χ1v) is 5.12. The van der Waals surface area contributed by atoms with Crippen LogP contribution in [-0.4, -0.2) is 9.97 Å². The first kappa shape index (κ1) is 10.2. The van der Waals surface area contributed by atoms with Gasteiger partial charge in [0.25, 0.3) is 0 Å². The molecular weight excluding hydrogens is 212 g/mol. The predicted octanol–water partition coefficient (Wildman–Crippen LogP) is 3.51. The molecule has 15 heavy (non-hydrogen) atoms. The van der Waals surface area contributed by atoms with E-state index in [1.807, 2.05) is 12.1 Å². The summed E-state index contributed by atoms with van der Waals surface area (Å²) < 4.78 is 5.32. The van der Waals surface area contributed by atoms with Gasteiger partial charge in [0.05, 0.1) is 6.26 Å². The smallest absolute Gasteiger partial charge is 0.152 e. The van der Waals surface area contributed by atoms with Crippen molar-refractivity contribution in [1.82, 2.24) is 9.97 Å². The third kappa shape index (κ3) is 1.88. The molecule has 4 heteroatoms. The van der Waals surface area contributed by atoms with E-state index in [-0.39, 0.29) is 5.92 Å². The Morgan fingerprint density at radius 3 is 2.73 bits per heavy atom. The minimum Gasteiger partial charge on any atom is -0.463 e. The van der Waals surface area contributed by atoms with Gasteiger partial charge in [-0.15, -0.1) is 0 Å². The van der Waals surface area contributed by atoms with E-state index < -0.39 is 0 Å². The molecule has 0 aromatic carbocycles. The van der Waals surface area contributed by atoms with Gasteiger partial charge in [0.1, 0.15) is 17.2 Å². The van der Waals surface area contributed by atoms with Crippen molar-refractivity contribution in [2.45, 2.75) is 19.8 Å². The van der Waals surface area contributed by atoms with Crippen molar-refractivity contribution in [3.8, 4) is 11.5 Å². The Kier molecular flexibility index (Phi) is 2.73. The third-order valence-corrected chi connectivity index (χ3v) is 2.47. The normalized spacial score (nSPS) is 10.9. The highest BCUT2D eigenvalue weighted by molar-refractivity contribution is 6.30. The number of halogens is 1. The SMILES string of the molecule is CC(C)c1c(Cl)ncnc1-c1ccco1. The summed E-state index contributed by atoms with van der Waals surface area (Å²) in [7, 11) is 0. The van der Waals surface area contributed by atoms with Crippen LogP contribution in [0.2, 0.25) is 5.15 Å². The predicted molar refractivity (Wildman–Crippen MR) is 58.8 cm³/mol. The van der Waals surface area contributed by atoms with Crippen molar-refractivity contribution in [3.05, 3.63) is 35.4 Å². The van der Waals surface area contributed by atoms with Crippen LogP contribution in [0.15, 0.2) is 29.1 Å². The van der Waals surface area contributed by atoms with Gasteiger partial charge >= 0.3 is 0 Å². The summed E-state index contributed by atoms with van der Waals surface area (Å²) in [5.74, 6) is 0.988. The van der Waals surface area contributed by atoms with Gasteiger partial charge in [-0.25, -0.2) is 9.97 Å². The fourth-order valence-corrected chi connectivity index (χ4v) is 1.85. The molecule has 0 spiro atoms. The van der Waals surface area contributed by atoms with Crippen LogP contribution in [0.1, 0.15) is 25.3 Å². The molecule has 2 heterocycles. The summed E-state index contributed by atoms with van der Waals surface area (Å²) in [6.07, 6.45) is 3.07. The molecule has 0 aliphatic carbocycles. The first-order valence-electron chi connectivity index (χ1n) is 4.74. The summed E-state index contributed by atoms with van der Waals surface area (Å²) in [6, 6.07) is 3.69. The molecule has 3 nitrogen and oxygen atoms in total. The van der Waals surface area contributed by atoms with Crippen molar-refractivity contribution < 1.29 is 4.42 Å². The van der Waals surface area contributed by atoms with E-state index in [1.54, 1.807) is 6.26 Å². The maximum Gasteiger partial charge on any atom is 0.152 e. The highest BCUT2D eigenvalue weighted by atomic mass is 35.5. The van der Waals surface area contributed by atoms with Crippen LogP contribution in [0, 0.1) is 0 Å². The second-order valence-electron chi connectivity index (χ2n) is 3.56. The molecule has 0 bridgehead atoms. The summed E-state index contributed by atoms with van der Waals surface area (Å²) in [5, 5.41) is 0.492. The van der Waals surface area contributed by atoms with E-state index >= 15 is 0 Å². The zero-order valence-electron chi connectivity index (χ0n) is 8.57. The molecule has 0 radical (unpaired) electrons. The maximum absolute atomic E-state index is 6.05. The maximum atomic E-state index is 6.05. The van der Waals surface area contributed by atoms with Gasteiger partial charge in [-0.3, -0.25) is 0 Å². The molecule has 0 aliphatic rings. The number of aromatic nitrogens is 2. The standard InChI is InChI=1S/C11H11ClN2O/c1-7(2)9-10(8-4-3-5-15-8)13-6-14-11(9)12/h3-7H,1-2H3. The lowest BCUT2D eigenvalue weighted by molar-refractivity contribution is 0.578. The van der Waals surface area contributed by atoms with Crippen LogP contribution in [0.4, 0.5) is 0 Å². The van der Waals surface area contributed by atoms with E-state index in [2.05, 4.69) is 23.8 Å². The minimum atomic E-state index is 0.263. The number of furan rings is 1. The Balaban J connectivity index is 2.61. The summed E-state index contributed by atoms with van der Waals surface area (Å²) >= 11 is 6.05. The molecule has 0 amide bonds. The Bertz CT molecular complexity index is 452. The summed E-state index contributed by atoms with van der Waals surface area (Å²) in [6.45, 7) is 4.11. The van der Waals surface area contributed by atoms with Crippen molar-refractivity contribution >= 4 is 11.6 Å². The van der Waals surface area contributed by atoms with Crippen LogP contribution in [0.25, 0.3) is 11.5 Å². The van der Waals surface area contributed by atoms with Gasteiger partial charge in [0.2, 0.25) is 0 Å². The van der Waals surface area contributed by atoms with Gasteiger partial charge < -0.3 is 4.42 Å². The van der Waals surface area contributed by atoms with E-state index in [0.717, 1.165) is 17.0 Å². The fourth-order valence-electron chi connectivity index (χ4n) is 1.50. The highest BCUT2D eigenvalue weighted by Gasteiger charge is 2.16. The quantitative estimate of drug-likeness (QED) is 0.730. The summed E-state index contributed by atoms with van der Waals surface area (Å²) in [4.78, 5) is 8.20. The third-order valence-electron chi connectivity index (χ3n) is 2.17. The van der Waals surface area contributed by atoms with E-state index in [0.29, 0.717) is 5.15 Å². The number of nitrogens with zero attached hydrogens (tertiary/aromatic N) is 2. The number of rotatable bonds is 2. The molecule has 2 aromatic rings. The molecule has 2 rings (SSSR count). The van der Waals surface area contributed by atoms with Gasteiger partial charge in [-0.05, 0) is 18.1 Å². The molecule has 0 N–H and O–H groups in total. The average Bonchev–Trinajstić information content (AvgIpc) is 2.69. The first-order chi connectivity index (χ1) is 7.20. The topological polar surface area (TPSA) is 38.9 Å². The van der Waals surface area contributed by atoms with Gasteiger partial charge in [0.15, 0.2) is 5.76 Å². The van der Waals surface area contributed by atoms with Crippen molar-refractivity contribution in [2.75, 3.05) is 0 Å².